The Hall–Kier alpha value is -3.04. The Morgan fingerprint density at radius 3 is 2.66 bits per heavy atom. The average Bonchev–Trinajstić information content (AvgIpc) is 3.08. The number of methoxy groups -OCH3 is 1. The number of fused-ring (bicyclic) bond motifs is 1. The van der Waals surface area contributed by atoms with Crippen LogP contribution in [0.5, 0.6) is 5.75 Å². The van der Waals surface area contributed by atoms with Gasteiger partial charge in [0.1, 0.15) is 5.75 Å². The van der Waals surface area contributed by atoms with Gasteiger partial charge in [0.05, 0.1) is 29.0 Å². The van der Waals surface area contributed by atoms with Gasteiger partial charge in [0.15, 0.2) is 10.2 Å². The minimum Gasteiger partial charge on any atom is -0.491 e. The lowest BCUT2D eigenvalue weighted by molar-refractivity contribution is 0.0600. The average molecular weight is 430 g/mol. The molecule has 0 aliphatic heterocycles. The van der Waals surface area contributed by atoms with E-state index in [4.69, 9.17) is 21.7 Å². The summed E-state index contributed by atoms with van der Waals surface area (Å²) < 4.78 is 11.1. The minimum atomic E-state index is -0.415. The van der Waals surface area contributed by atoms with Gasteiger partial charge in [-0.25, -0.2) is 9.78 Å². The summed E-state index contributed by atoms with van der Waals surface area (Å²) in [6, 6.07) is 11.9. The molecule has 0 saturated carbocycles. The van der Waals surface area contributed by atoms with Gasteiger partial charge in [0.25, 0.3) is 5.91 Å². The van der Waals surface area contributed by atoms with E-state index in [9.17, 15) is 9.59 Å². The summed E-state index contributed by atoms with van der Waals surface area (Å²) in [5, 5.41) is 6.15. The number of amides is 1. The van der Waals surface area contributed by atoms with E-state index in [0.717, 1.165) is 4.70 Å². The Morgan fingerprint density at radius 1 is 1.14 bits per heavy atom. The highest BCUT2D eigenvalue weighted by Gasteiger charge is 2.13. The van der Waals surface area contributed by atoms with E-state index in [0.29, 0.717) is 27.5 Å². The lowest BCUT2D eigenvalue weighted by atomic mass is 10.2. The molecule has 0 atom stereocenters. The van der Waals surface area contributed by atoms with E-state index >= 15 is 0 Å². The Balaban J connectivity index is 1.67. The molecular formula is C20H19N3O4S2. The van der Waals surface area contributed by atoms with Crippen LogP contribution in [-0.2, 0) is 4.74 Å². The van der Waals surface area contributed by atoms with Crippen molar-refractivity contribution < 1.29 is 19.1 Å². The Kier molecular flexibility index (Phi) is 6.40. The predicted molar refractivity (Wildman–Crippen MR) is 117 cm³/mol. The van der Waals surface area contributed by atoms with E-state index < -0.39 is 5.97 Å². The molecule has 1 aromatic heterocycles. The van der Waals surface area contributed by atoms with Gasteiger partial charge in [-0.05, 0) is 62.5 Å². The first-order valence-electron chi connectivity index (χ1n) is 8.73. The molecule has 29 heavy (non-hydrogen) atoms. The van der Waals surface area contributed by atoms with Gasteiger partial charge in [-0.1, -0.05) is 17.4 Å². The van der Waals surface area contributed by atoms with Gasteiger partial charge in [-0.2, -0.15) is 0 Å². The molecule has 0 radical (unpaired) electrons. The number of nitrogens with zero attached hydrogens (tertiary/aromatic N) is 1. The van der Waals surface area contributed by atoms with Crippen molar-refractivity contribution in [3.8, 4) is 5.75 Å². The summed E-state index contributed by atoms with van der Waals surface area (Å²) in [5.74, 6) is -0.161. The summed E-state index contributed by atoms with van der Waals surface area (Å²) in [4.78, 5) is 28.5. The molecule has 1 amide bonds. The molecular weight excluding hydrogens is 410 g/mol. The van der Waals surface area contributed by atoms with Crippen molar-refractivity contribution in [3.63, 3.8) is 0 Å². The van der Waals surface area contributed by atoms with Crippen molar-refractivity contribution >= 4 is 55.9 Å². The van der Waals surface area contributed by atoms with Crippen molar-refractivity contribution in [2.24, 2.45) is 0 Å². The lowest BCUT2D eigenvalue weighted by Crippen LogP contribution is -2.34. The maximum absolute atomic E-state index is 12.4. The number of carbonyl (C=O) groups excluding carboxylic acids is 2. The first-order chi connectivity index (χ1) is 13.9. The van der Waals surface area contributed by atoms with Crippen LogP contribution in [0.25, 0.3) is 10.2 Å². The van der Waals surface area contributed by atoms with Crippen LogP contribution >= 0.6 is 23.6 Å². The molecule has 0 fully saturated rings. The number of hydrogen-bond acceptors (Lipinski definition) is 7. The number of hydrogen-bond donors (Lipinski definition) is 2. The first kappa shape index (κ1) is 20.7. The number of benzene rings is 2. The molecule has 2 N–H and O–H groups in total. The van der Waals surface area contributed by atoms with Gasteiger partial charge in [0.2, 0.25) is 0 Å². The van der Waals surface area contributed by atoms with Gasteiger partial charge < -0.3 is 14.8 Å². The molecule has 3 aromatic rings. The number of esters is 1. The van der Waals surface area contributed by atoms with E-state index in [1.807, 2.05) is 13.8 Å². The fourth-order valence-corrected chi connectivity index (χ4v) is 3.67. The Labute approximate surface area is 177 Å². The summed E-state index contributed by atoms with van der Waals surface area (Å²) in [7, 11) is 1.33. The second kappa shape index (κ2) is 8.97. The van der Waals surface area contributed by atoms with Crippen LogP contribution in [0.4, 0.5) is 5.13 Å². The second-order valence-corrected chi connectivity index (χ2v) is 7.73. The number of ether oxygens (including phenoxy) is 2. The van der Waals surface area contributed by atoms with Crippen LogP contribution in [-0.4, -0.2) is 35.2 Å². The van der Waals surface area contributed by atoms with Crippen LogP contribution in [0.15, 0.2) is 42.5 Å². The monoisotopic (exact) mass is 429 g/mol. The second-order valence-electron chi connectivity index (χ2n) is 6.30. The maximum Gasteiger partial charge on any atom is 0.337 e. The Morgan fingerprint density at radius 2 is 1.93 bits per heavy atom. The van der Waals surface area contributed by atoms with Crippen molar-refractivity contribution in [3.05, 3.63) is 53.6 Å². The zero-order valence-electron chi connectivity index (χ0n) is 16.0. The molecule has 3 rings (SSSR count). The van der Waals surface area contributed by atoms with Crippen LogP contribution in [0.2, 0.25) is 0 Å². The number of aromatic nitrogens is 1. The molecule has 0 aliphatic carbocycles. The number of carbonyl (C=O) groups is 2. The number of nitrogens with one attached hydrogen (secondary N) is 2. The fourth-order valence-electron chi connectivity index (χ4n) is 2.51. The van der Waals surface area contributed by atoms with E-state index in [1.54, 1.807) is 42.5 Å². The highest BCUT2D eigenvalue weighted by Crippen LogP contribution is 2.27. The first-order valence-corrected chi connectivity index (χ1v) is 9.96. The Bertz CT molecular complexity index is 1080. The molecule has 1 heterocycles. The van der Waals surface area contributed by atoms with Crippen LogP contribution in [0.1, 0.15) is 34.6 Å². The third-order valence-corrected chi connectivity index (χ3v) is 4.86. The summed E-state index contributed by atoms with van der Waals surface area (Å²) in [6.07, 6.45) is 0.00906. The molecule has 9 heteroatoms. The molecule has 2 aromatic carbocycles. The molecule has 0 aliphatic rings. The normalized spacial score (nSPS) is 10.6. The molecule has 0 bridgehead atoms. The zero-order valence-corrected chi connectivity index (χ0v) is 17.6. The van der Waals surface area contributed by atoms with Crippen LogP contribution < -0.4 is 15.4 Å². The number of anilines is 1. The SMILES string of the molecule is COC(=O)c1ccc2nc(NC(=S)NC(=O)c3cccc(OC(C)C)c3)sc2c1. The van der Waals surface area contributed by atoms with Crippen molar-refractivity contribution in [2.45, 2.75) is 20.0 Å². The minimum absolute atomic E-state index is 0.00906. The van der Waals surface area contributed by atoms with Crippen LogP contribution in [0, 0.1) is 0 Å². The van der Waals surface area contributed by atoms with Gasteiger partial charge in [-0.3, -0.25) is 10.1 Å². The number of rotatable bonds is 5. The summed E-state index contributed by atoms with van der Waals surface area (Å²) in [6.45, 7) is 3.83. The highest BCUT2D eigenvalue weighted by atomic mass is 32.1. The van der Waals surface area contributed by atoms with Crippen molar-refractivity contribution in [1.82, 2.24) is 10.3 Å². The molecule has 150 valence electrons. The topological polar surface area (TPSA) is 89.5 Å². The van der Waals surface area contributed by atoms with Gasteiger partial charge in [-0.15, -0.1) is 0 Å². The van der Waals surface area contributed by atoms with Crippen LogP contribution in [0.3, 0.4) is 0 Å². The fraction of sp³-hybridized carbons (Fsp3) is 0.200. The summed E-state index contributed by atoms with van der Waals surface area (Å²) >= 11 is 6.54. The zero-order chi connectivity index (χ0) is 21.0. The quantitative estimate of drug-likeness (QED) is 0.468. The largest absolute Gasteiger partial charge is 0.491 e. The van der Waals surface area contributed by atoms with Gasteiger partial charge >= 0.3 is 5.97 Å². The highest BCUT2D eigenvalue weighted by molar-refractivity contribution is 7.80. The molecule has 0 spiro atoms. The number of thiazole rings is 1. The van der Waals surface area contributed by atoms with Crippen molar-refractivity contribution in [2.75, 3.05) is 12.4 Å². The van der Waals surface area contributed by atoms with Crippen molar-refractivity contribution in [1.29, 1.82) is 0 Å². The standard InChI is InChI=1S/C20H19N3O4S2/c1-11(2)27-14-6-4-5-12(9-14)17(24)22-19(28)23-20-21-15-8-7-13(18(25)26-3)10-16(15)29-20/h4-11H,1-3H3,(H2,21,22,23,24,28). The lowest BCUT2D eigenvalue weighted by Gasteiger charge is -2.11. The molecule has 7 nitrogen and oxygen atoms in total. The van der Waals surface area contributed by atoms with Gasteiger partial charge in [0, 0.05) is 5.56 Å². The molecule has 0 saturated heterocycles. The van der Waals surface area contributed by atoms with E-state index in [2.05, 4.69) is 15.6 Å². The maximum atomic E-state index is 12.4. The molecule has 0 unspecified atom stereocenters. The number of thiocarbonyl (C=S) groups is 1. The van der Waals surface area contributed by atoms with E-state index in [-0.39, 0.29) is 17.1 Å². The third-order valence-electron chi connectivity index (χ3n) is 3.73. The van der Waals surface area contributed by atoms with E-state index in [1.165, 1.54) is 18.4 Å². The summed E-state index contributed by atoms with van der Waals surface area (Å²) in [5.41, 5.74) is 1.58. The smallest absolute Gasteiger partial charge is 0.337 e. The predicted octanol–water partition coefficient (Wildman–Crippen LogP) is 4.00. The third kappa shape index (κ3) is 5.27.